The first-order valence-corrected chi connectivity index (χ1v) is 7.32. The van der Waals surface area contributed by atoms with Gasteiger partial charge in [0.25, 0.3) is 0 Å². The third-order valence-corrected chi connectivity index (χ3v) is 3.35. The maximum absolute atomic E-state index is 12.3. The Morgan fingerprint density at radius 3 is 2.48 bits per heavy atom. The number of rotatable bonds is 9. The predicted octanol–water partition coefficient (Wildman–Crippen LogP) is 4.00. The molecule has 1 aromatic carbocycles. The molecule has 0 spiro atoms. The predicted molar refractivity (Wildman–Crippen MR) is 79.7 cm³/mol. The van der Waals surface area contributed by atoms with Crippen LogP contribution < -0.4 is 10.1 Å². The van der Waals surface area contributed by atoms with Crippen molar-refractivity contribution in [1.82, 2.24) is 5.32 Å². The van der Waals surface area contributed by atoms with Gasteiger partial charge in [-0.05, 0) is 37.5 Å². The lowest BCUT2D eigenvalue weighted by atomic mass is 10.0. The van der Waals surface area contributed by atoms with Gasteiger partial charge in [0.1, 0.15) is 5.75 Å². The standard InChI is InChI=1S/C16H25F2NO2/c1-5-20-10-15(11(2)3)19-12(4)13-7-6-8-14(9-13)21-16(17)18/h6-9,11-12,15-16,19H,5,10H2,1-4H3. The molecule has 0 amide bonds. The third kappa shape index (κ3) is 6.40. The van der Waals surface area contributed by atoms with Crippen LogP contribution in [0.3, 0.4) is 0 Å². The molecule has 5 heteroatoms. The molecule has 1 rings (SSSR count). The van der Waals surface area contributed by atoms with Crippen LogP contribution in [0.15, 0.2) is 24.3 Å². The molecule has 1 N–H and O–H groups in total. The van der Waals surface area contributed by atoms with E-state index >= 15 is 0 Å². The highest BCUT2D eigenvalue weighted by molar-refractivity contribution is 5.30. The number of halogens is 2. The number of benzene rings is 1. The number of ether oxygens (including phenoxy) is 2. The Hall–Kier alpha value is -1.20. The maximum Gasteiger partial charge on any atom is 0.387 e. The largest absolute Gasteiger partial charge is 0.435 e. The first kappa shape index (κ1) is 17.9. The molecular formula is C16H25F2NO2. The summed E-state index contributed by atoms with van der Waals surface area (Å²) in [5.41, 5.74) is 0.912. The van der Waals surface area contributed by atoms with Crippen LogP contribution in [0.4, 0.5) is 8.78 Å². The molecule has 2 atom stereocenters. The van der Waals surface area contributed by atoms with E-state index in [9.17, 15) is 8.78 Å². The lowest BCUT2D eigenvalue weighted by Gasteiger charge is -2.26. The second-order valence-corrected chi connectivity index (χ2v) is 5.35. The fraction of sp³-hybridized carbons (Fsp3) is 0.625. The first-order valence-electron chi connectivity index (χ1n) is 7.32. The van der Waals surface area contributed by atoms with Gasteiger partial charge in [-0.15, -0.1) is 0 Å². The van der Waals surface area contributed by atoms with E-state index in [0.29, 0.717) is 19.1 Å². The Balaban J connectivity index is 2.70. The van der Waals surface area contributed by atoms with Gasteiger partial charge in [-0.25, -0.2) is 0 Å². The fourth-order valence-corrected chi connectivity index (χ4v) is 2.06. The van der Waals surface area contributed by atoms with Gasteiger partial charge >= 0.3 is 6.61 Å². The zero-order chi connectivity index (χ0) is 15.8. The molecule has 0 saturated carbocycles. The van der Waals surface area contributed by atoms with Gasteiger partial charge in [0.05, 0.1) is 6.61 Å². The average Bonchev–Trinajstić information content (AvgIpc) is 2.42. The van der Waals surface area contributed by atoms with Crippen molar-refractivity contribution in [3.8, 4) is 5.75 Å². The summed E-state index contributed by atoms with van der Waals surface area (Å²) in [6.45, 7) is 6.72. The van der Waals surface area contributed by atoms with Crippen molar-refractivity contribution in [2.24, 2.45) is 5.92 Å². The highest BCUT2D eigenvalue weighted by atomic mass is 19.3. The van der Waals surface area contributed by atoms with E-state index in [1.807, 2.05) is 19.9 Å². The van der Waals surface area contributed by atoms with Gasteiger partial charge in [0.2, 0.25) is 0 Å². The van der Waals surface area contributed by atoms with Crippen molar-refractivity contribution in [1.29, 1.82) is 0 Å². The van der Waals surface area contributed by atoms with Crippen molar-refractivity contribution in [2.75, 3.05) is 13.2 Å². The normalized spacial score (nSPS) is 14.5. The summed E-state index contributed by atoms with van der Waals surface area (Å²) in [5, 5.41) is 3.48. The second kappa shape index (κ2) is 8.95. The quantitative estimate of drug-likeness (QED) is 0.748. The van der Waals surface area contributed by atoms with Crippen molar-refractivity contribution < 1.29 is 18.3 Å². The summed E-state index contributed by atoms with van der Waals surface area (Å²) in [6, 6.07) is 7.02. The van der Waals surface area contributed by atoms with Crippen LogP contribution >= 0.6 is 0 Å². The van der Waals surface area contributed by atoms with Gasteiger partial charge in [-0.2, -0.15) is 8.78 Å². The van der Waals surface area contributed by atoms with Crippen LogP contribution in [0, 0.1) is 5.92 Å². The van der Waals surface area contributed by atoms with Crippen molar-refractivity contribution in [3.63, 3.8) is 0 Å². The van der Waals surface area contributed by atoms with E-state index in [-0.39, 0.29) is 17.8 Å². The topological polar surface area (TPSA) is 30.5 Å². The number of alkyl halides is 2. The number of hydrogen-bond donors (Lipinski definition) is 1. The van der Waals surface area contributed by atoms with Gasteiger partial charge in [0.15, 0.2) is 0 Å². The molecule has 0 aliphatic heterocycles. The van der Waals surface area contributed by atoms with Gasteiger partial charge in [-0.3, -0.25) is 0 Å². The fourth-order valence-electron chi connectivity index (χ4n) is 2.06. The Morgan fingerprint density at radius 2 is 1.90 bits per heavy atom. The summed E-state index contributed by atoms with van der Waals surface area (Å²) in [4.78, 5) is 0. The van der Waals surface area contributed by atoms with E-state index in [4.69, 9.17) is 4.74 Å². The molecule has 0 aromatic heterocycles. The SMILES string of the molecule is CCOCC(NC(C)c1cccc(OC(F)F)c1)C(C)C. The molecule has 1 aromatic rings. The molecule has 0 aliphatic carbocycles. The van der Waals surface area contributed by atoms with E-state index in [1.54, 1.807) is 12.1 Å². The summed E-state index contributed by atoms with van der Waals surface area (Å²) >= 11 is 0. The Bertz CT molecular complexity index is 413. The lowest BCUT2D eigenvalue weighted by Crippen LogP contribution is -2.39. The van der Waals surface area contributed by atoms with E-state index in [0.717, 1.165) is 5.56 Å². The lowest BCUT2D eigenvalue weighted by molar-refractivity contribution is -0.0499. The molecule has 120 valence electrons. The maximum atomic E-state index is 12.3. The first-order chi connectivity index (χ1) is 9.93. The average molecular weight is 301 g/mol. The molecule has 0 bridgehead atoms. The van der Waals surface area contributed by atoms with Gasteiger partial charge in [0, 0.05) is 18.7 Å². The van der Waals surface area contributed by atoms with Crippen LogP contribution in [-0.2, 0) is 4.74 Å². The van der Waals surface area contributed by atoms with Crippen molar-refractivity contribution in [2.45, 2.75) is 46.4 Å². The second-order valence-electron chi connectivity index (χ2n) is 5.35. The monoisotopic (exact) mass is 301 g/mol. The molecule has 0 fully saturated rings. The van der Waals surface area contributed by atoms with Crippen LogP contribution in [-0.4, -0.2) is 25.9 Å². The molecular weight excluding hydrogens is 276 g/mol. The van der Waals surface area contributed by atoms with E-state index in [1.165, 1.54) is 6.07 Å². The minimum absolute atomic E-state index is 0.0269. The summed E-state index contributed by atoms with van der Waals surface area (Å²) in [7, 11) is 0. The van der Waals surface area contributed by atoms with E-state index < -0.39 is 6.61 Å². The minimum Gasteiger partial charge on any atom is -0.435 e. The molecule has 0 radical (unpaired) electrons. The Morgan fingerprint density at radius 1 is 1.19 bits per heavy atom. The smallest absolute Gasteiger partial charge is 0.387 e. The van der Waals surface area contributed by atoms with Crippen LogP contribution in [0.5, 0.6) is 5.75 Å². The Kier molecular flexibility index (Phi) is 7.61. The molecule has 0 heterocycles. The molecule has 21 heavy (non-hydrogen) atoms. The van der Waals surface area contributed by atoms with E-state index in [2.05, 4.69) is 23.9 Å². The van der Waals surface area contributed by atoms with Crippen LogP contribution in [0.2, 0.25) is 0 Å². The summed E-state index contributed by atoms with van der Waals surface area (Å²) < 4.78 is 34.4. The van der Waals surface area contributed by atoms with Crippen molar-refractivity contribution >= 4 is 0 Å². The van der Waals surface area contributed by atoms with Gasteiger partial charge < -0.3 is 14.8 Å². The number of hydrogen-bond acceptors (Lipinski definition) is 3. The molecule has 2 unspecified atom stereocenters. The van der Waals surface area contributed by atoms with Crippen LogP contribution in [0.25, 0.3) is 0 Å². The van der Waals surface area contributed by atoms with Gasteiger partial charge in [-0.1, -0.05) is 26.0 Å². The molecule has 0 aliphatic rings. The zero-order valence-electron chi connectivity index (χ0n) is 13.1. The highest BCUT2D eigenvalue weighted by Gasteiger charge is 2.17. The molecule has 3 nitrogen and oxygen atoms in total. The van der Waals surface area contributed by atoms with Crippen LogP contribution in [0.1, 0.15) is 39.3 Å². The number of nitrogens with one attached hydrogen (secondary N) is 1. The zero-order valence-corrected chi connectivity index (χ0v) is 13.1. The molecule has 0 saturated heterocycles. The summed E-state index contributed by atoms with van der Waals surface area (Å²) in [5.74, 6) is 0.599. The third-order valence-electron chi connectivity index (χ3n) is 3.35. The van der Waals surface area contributed by atoms with Crippen molar-refractivity contribution in [3.05, 3.63) is 29.8 Å². The summed E-state index contributed by atoms with van der Waals surface area (Å²) in [6.07, 6.45) is 0. The Labute approximate surface area is 125 Å². The minimum atomic E-state index is -2.80. The highest BCUT2D eigenvalue weighted by Crippen LogP contribution is 2.21.